The van der Waals surface area contributed by atoms with E-state index in [4.69, 9.17) is 4.42 Å². The first-order valence-corrected chi connectivity index (χ1v) is 7.23. The van der Waals surface area contributed by atoms with E-state index >= 15 is 0 Å². The highest BCUT2D eigenvalue weighted by Crippen LogP contribution is 2.35. The molecule has 0 bridgehead atoms. The van der Waals surface area contributed by atoms with Crippen LogP contribution in [0.25, 0.3) is 10.9 Å². The summed E-state index contributed by atoms with van der Waals surface area (Å²) in [7, 11) is 0. The Kier molecular flexibility index (Phi) is 2.84. The van der Waals surface area contributed by atoms with Gasteiger partial charge in [-0.15, -0.1) is 10.2 Å². The molecule has 2 heterocycles. The largest absolute Gasteiger partial charge is 0.425 e. The maximum Gasteiger partial charge on any atom is 0.252 e. The topological polar surface area (TPSA) is 71.8 Å². The maximum absolute atomic E-state index is 12.1. The summed E-state index contributed by atoms with van der Waals surface area (Å²) in [6.45, 7) is 0. The fourth-order valence-corrected chi connectivity index (χ4v) is 2.64. The molecule has 0 spiro atoms. The van der Waals surface area contributed by atoms with Crippen LogP contribution >= 0.6 is 0 Å². The zero-order chi connectivity index (χ0) is 14.2. The van der Waals surface area contributed by atoms with Crippen LogP contribution in [0.15, 0.2) is 39.5 Å². The van der Waals surface area contributed by atoms with Gasteiger partial charge in [-0.05, 0) is 30.4 Å². The average Bonchev–Trinajstić information content (AvgIpc) is 2.86. The number of H-pyrrole nitrogens is 1. The van der Waals surface area contributed by atoms with Crippen LogP contribution in [0.5, 0.6) is 0 Å². The summed E-state index contributed by atoms with van der Waals surface area (Å²) < 4.78 is 5.68. The average molecular weight is 281 g/mol. The number of rotatable bonds is 3. The Balaban J connectivity index is 1.65. The molecule has 2 aromatic heterocycles. The number of hydrogen-bond acceptors (Lipinski definition) is 4. The van der Waals surface area contributed by atoms with Crippen LogP contribution in [0.2, 0.25) is 0 Å². The van der Waals surface area contributed by atoms with Crippen molar-refractivity contribution in [1.82, 2.24) is 15.2 Å². The molecule has 0 atom stereocenters. The molecule has 5 nitrogen and oxygen atoms in total. The van der Waals surface area contributed by atoms with Crippen LogP contribution in [0, 0.1) is 0 Å². The van der Waals surface area contributed by atoms with E-state index in [0.717, 1.165) is 23.7 Å². The van der Waals surface area contributed by atoms with Crippen molar-refractivity contribution in [1.29, 1.82) is 0 Å². The van der Waals surface area contributed by atoms with Gasteiger partial charge in [0.25, 0.3) is 5.56 Å². The lowest BCUT2D eigenvalue weighted by atomic mass is 9.85. The minimum absolute atomic E-state index is 0.0999. The summed E-state index contributed by atoms with van der Waals surface area (Å²) in [5.74, 6) is 1.65. The minimum atomic E-state index is -0.0999. The van der Waals surface area contributed by atoms with Crippen LogP contribution in [-0.4, -0.2) is 15.2 Å². The molecule has 0 radical (unpaired) electrons. The summed E-state index contributed by atoms with van der Waals surface area (Å²) in [5.41, 5.74) is 1.39. The number of para-hydroxylation sites is 1. The Hall–Kier alpha value is -2.43. The Morgan fingerprint density at radius 1 is 1.24 bits per heavy atom. The highest BCUT2D eigenvalue weighted by molar-refractivity contribution is 5.78. The predicted octanol–water partition coefficient (Wildman–Crippen LogP) is 2.77. The monoisotopic (exact) mass is 281 g/mol. The van der Waals surface area contributed by atoms with Crippen molar-refractivity contribution >= 4 is 10.9 Å². The van der Waals surface area contributed by atoms with Gasteiger partial charge < -0.3 is 9.40 Å². The summed E-state index contributed by atoms with van der Waals surface area (Å²) in [4.78, 5) is 15.0. The molecule has 4 rings (SSSR count). The van der Waals surface area contributed by atoms with Gasteiger partial charge in [-0.3, -0.25) is 4.79 Å². The third kappa shape index (κ3) is 2.24. The van der Waals surface area contributed by atoms with Gasteiger partial charge in [-0.25, -0.2) is 0 Å². The van der Waals surface area contributed by atoms with Gasteiger partial charge in [0.2, 0.25) is 11.8 Å². The standard InChI is InChI=1S/C16H15N3O2/c20-15-12(8-11-4-1-2-7-13(11)17-15)9-14-18-19-16(21-14)10-5-3-6-10/h1-2,4,7-8,10H,3,5-6,9H2,(H,17,20). The van der Waals surface area contributed by atoms with E-state index in [-0.39, 0.29) is 5.56 Å². The summed E-state index contributed by atoms with van der Waals surface area (Å²) in [6.07, 6.45) is 3.85. The third-order valence-corrected chi connectivity index (χ3v) is 4.11. The number of aromatic nitrogens is 3. The zero-order valence-electron chi connectivity index (χ0n) is 11.5. The number of aromatic amines is 1. The first kappa shape index (κ1) is 12.3. The SMILES string of the molecule is O=c1[nH]c2ccccc2cc1Cc1nnc(C2CCC2)o1. The van der Waals surface area contributed by atoms with E-state index in [2.05, 4.69) is 15.2 Å². The second-order valence-corrected chi connectivity index (χ2v) is 5.55. The molecule has 1 aliphatic rings. The number of hydrogen-bond donors (Lipinski definition) is 1. The lowest BCUT2D eigenvalue weighted by Gasteiger charge is -2.20. The molecule has 0 amide bonds. The van der Waals surface area contributed by atoms with Crippen molar-refractivity contribution in [2.24, 2.45) is 0 Å². The Morgan fingerprint density at radius 2 is 2.10 bits per heavy atom. The van der Waals surface area contributed by atoms with Gasteiger partial charge in [0, 0.05) is 17.0 Å². The van der Waals surface area contributed by atoms with Gasteiger partial charge >= 0.3 is 0 Å². The molecule has 3 aromatic rings. The number of pyridine rings is 1. The van der Waals surface area contributed by atoms with Crippen LogP contribution in [0.3, 0.4) is 0 Å². The van der Waals surface area contributed by atoms with E-state index < -0.39 is 0 Å². The second-order valence-electron chi connectivity index (χ2n) is 5.55. The lowest BCUT2D eigenvalue weighted by molar-refractivity contribution is 0.326. The van der Waals surface area contributed by atoms with E-state index in [1.165, 1.54) is 6.42 Å². The molecule has 106 valence electrons. The normalized spacial score (nSPS) is 15.2. The Morgan fingerprint density at radius 3 is 2.90 bits per heavy atom. The first-order valence-electron chi connectivity index (χ1n) is 7.23. The fraction of sp³-hybridized carbons (Fsp3) is 0.312. The van der Waals surface area contributed by atoms with Gasteiger partial charge in [0.1, 0.15) is 0 Å². The van der Waals surface area contributed by atoms with Crippen molar-refractivity contribution in [3.05, 3.63) is 58.0 Å². The second kappa shape index (κ2) is 4.84. The number of benzene rings is 1. The highest BCUT2D eigenvalue weighted by atomic mass is 16.4. The molecule has 0 unspecified atom stereocenters. The van der Waals surface area contributed by atoms with E-state index in [1.807, 2.05) is 30.3 Å². The Bertz CT molecular complexity index is 846. The highest BCUT2D eigenvalue weighted by Gasteiger charge is 2.25. The van der Waals surface area contributed by atoms with E-state index in [0.29, 0.717) is 29.7 Å². The van der Waals surface area contributed by atoms with Crippen molar-refractivity contribution < 1.29 is 4.42 Å². The van der Waals surface area contributed by atoms with E-state index in [9.17, 15) is 4.79 Å². The van der Waals surface area contributed by atoms with Gasteiger partial charge in [-0.1, -0.05) is 24.6 Å². The first-order chi connectivity index (χ1) is 10.3. The summed E-state index contributed by atoms with van der Waals surface area (Å²) >= 11 is 0. The van der Waals surface area contributed by atoms with Gasteiger partial charge in [0.15, 0.2) is 0 Å². The van der Waals surface area contributed by atoms with Gasteiger partial charge in [0.05, 0.1) is 6.42 Å². The quantitative estimate of drug-likeness (QED) is 0.801. The smallest absolute Gasteiger partial charge is 0.252 e. The van der Waals surface area contributed by atoms with E-state index in [1.54, 1.807) is 0 Å². The lowest BCUT2D eigenvalue weighted by Crippen LogP contribution is -2.12. The molecule has 0 saturated heterocycles. The van der Waals surface area contributed by atoms with Crippen molar-refractivity contribution in [2.75, 3.05) is 0 Å². The van der Waals surface area contributed by atoms with Gasteiger partial charge in [-0.2, -0.15) is 0 Å². The fourth-order valence-electron chi connectivity index (χ4n) is 2.64. The molecular formula is C16H15N3O2. The zero-order valence-corrected chi connectivity index (χ0v) is 11.5. The molecular weight excluding hydrogens is 266 g/mol. The minimum Gasteiger partial charge on any atom is -0.425 e. The summed E-state index contributed by atoms with van der Waals surface area (Å²) in [5, 5.41) is 9.17. The van der Waals surface area contributed by atoms with Crippen molar-refractivity contribution in [3.8, 4) is 0 Å². The van der Waals surface area contributed by atoms with Crippen LogP contribution in [0.4, 0.5) is 0 Å². The molecule has 0 aliphatic heterocycles. The molecule has 1 aromatic carbocycles. The summed E-state index contributed by atoms with van der Waals surface area (Å²) in [6, 6.07) is 9.61. The van der Waals surface area contributed by atoms with Crippen molar-refractivity contribution in [3.63, 3.8) is 0 Å². The molecule has 1 saturated carbocycles. The predicted molar refractivity (Wildman–Crippen MR) is 78.3 cm³/mol. The molecule has 1 N–H and O–H groups in total. The van der Waals surface area contributed by atoms with Crippen LogP contribution < -0.4 is 5.56 Å². The number of nitrogens with one attached hydrogen (secondary N) is 1. The number of nitrogens with zero attached hydrogens (tertiary/aromatic N) is 2. The van der Waals surface area contributed by atoms with Crippen LogP contribution in [0.1, 0.15) is 42.5 Å². The maximum atomic E-state index is 12.1. The number of fused-ring (bicyclic) bond motifs is 1. The van der Waals surface area contributed by atoms with Crippen molar-refractivity contribution in [2.45, 2.75) is 31.6 Å². The molecule has 21 heavy (non-hydrogen) atoms. The Labute approximate surface area is 121 Å². The molecule has 1 aliphatic carbocycles. The molecule has 1 fully saturated rings. The van der Waals surface area contributed by atoms with Crippen LogP contribution in [-0.2, 0) is 6.42 Å². The third-order valence-electron chi connectivity index (χ3n) is 4.11. The molecule has 5 heteroatoms.